The molecule has 1 aliphatic heterocycles. The van der Waals surface area contributed by atoms with E-state index in [0.29, 0.717) is 0 Å². The normalized spacial score (nSPS) is 26.9. The van der Waals surface area contributed by atoms with Crippen molar-refractivity contribution in [1.29, 1.82) is 0 Å². The third kappa shape index (κ3) is 3.55. The molecule has 6 nitrogen and oxygen atoms in total. The summed E-state index contributed by atoms with van der Waals surface area (Å²) in [4.78, 5) is 0. The zero-order valence-electron chi connectivity index (χ0n) is 5.68. The molecular formula is C2H4LiO6S2. The minimum atomic E-state index is -3.90. The van der Waals surface area contributed by atoms with Crippen LogP contribution in [0.2, 0.25) is 0 Å². The predicted octanol–water partition coefficient (Wildman–Crippen LogP) is -1.77. The van der Waals surface area contributed by atoms with Crippen molar-refractivity contribution in [3.05, 3.63) is 0 Å². The molecule has 0 aromatic rings. The van der Waals surface area contributed by atoms with E-state index in [9.17, 15) is 16.8 Å². The molecule has 0 spiro atoms. The summed E-state index contributed by atoms with van der Waals surface area (Å²) in [6.07, 6.45) is 0. The summed E-state index contributed by atoms with van der Waals surface area (Å²) in [5.74, 6) is 0. The van der Waals surface area contributed by atoms with Gasteiger partial charge in [0.15, 0.2) is 6.79 Å². The fourth-order valence-corrected chi connectivity index (χ4v) is 2.82. The van der Waals surface area contributed by atoms with E-state index in [-0.39, 0.29) is 18.9 Å². The average Bonchev–Trinajstić information content (AvgIpc) is 1.56. The third-order valence-corrected chi connectivity index (χ3v) is 3.96. The first-order valence-corrected chi connectivity index (χ1v) is 5.31. The number of rotatable bonds is 0. The Morgan fingerprint density at radius 1 is 0.909 bits per heavy atom. The minimum absolute atomic E-state index is 0. The molecule has 0 atom stereocenters. The summed E-state index contributed by atoms with van der Waals surface area (Å²) in [7, 11) is -7.81. The van der Waals surface area contributed by atoms with Crippen LogP contribution in [0.15, 0.2) is 0 Å². The zero-order valence-corrected chi connectivity index (χ0v) is 7.31. The third-order valence-electron chi connectivity index (χ3n) is 0.744. The van der Waals surface area contributed by atoms with Gasteiger partial charge in [-0.15, -0.1) is 0 Å². The second-order valence-corrected chi connectivity index (χ2v) is 5.23. The van der Waals surface area contributed by atoms with Crippen LogP contribution in [0.4, 0.5) is 0 Å². The van der Waals surface area contributed by atoms with Gasteiger partial charge in [0.05, 0.1) is 0 Å². The van der Waals surface area contributed by atoms with Crippen molar-refractivity contribution >= 4 is 39.1 Å². The molecule has 61 valence electrons. The quantitative estimate of drug-likeness (QED) is 0.335. The summed E-state index contributed by atoms with van der Waals surface area (Å²) in [5.41, 5.74) is 0. The van der Waals surface area contributed by atoms with Crippen molar-refractivity contribution in [3.63, 3.8) is 0 Å². The standard InChI is InChI=1S/C2H4O6S2.Li/c3-9(4)2-10(5,6)8-1-7-9;/h1-2H2;. The molecule has 1 saturated heterocycles. The molecule has 0 N–H and O–H groups in total. The summed E-state index contributed by atoms with van der Waals surface area (Å²) in [6.45, 7) is -0.745. The van der Waals surface area contributed by atoms with Gasteiger partial charge in [-0.3, -0.25) is 0 Å². The van der Waals surface area contributed by atoms with Gasteiger partial charge in [0.1, 0.15) is 0 Å². The van der Waals surface area contributed by atoms with E-state index in [1.54, 1.807) is 0 Å². The molecule has 11 heavy (non-hydrogen) atoms. The van der Waals surface area contributed by atoms with Crippen LogP contribution in [0.1, 0.15) is 0 Å². The maximum absolute atomic E-state index is 10.4. The van der Waals surface area contributed by atoms with Crippen LogP contribution in [0, 0.1) is 0 Å². The SMILES string of the molecule is O=S1(=O)CS(=O)(=O)OCO1.[Li]. The van der Waals surface area contributed by atoms with Crippen LogP contribution in [-0.2, 0) is 28.6 Å². The van der Waals surface area contributed by atoms with Gasteiger partial charge >= 0.3 is 0 Å². The molecule has 0 aliphatic carbocycles. The first-order chi connectivity index (χ1) is 4.41. The Morgan fingerprint density at radius 2 is 1.27 bits per heavy atom. The van der Waals surface area contributed by atoms with E-state index in [0.717, 1.165) is 0 Å². The Morgan fingerprint density at radius 3 is 1.45 bits per heavy atom. The molecule has 0 amide bonds. The molecule has 1 fully saturated rings. The van der Waals surface area contributed by atoms with Crippen molar-refractivity contribution in [2.45, 2.75) is 0 Å². The zero-order chi connectivity index (χ0) is 7.83. The van der Waals surface area contributed by atoms with E-state index < -0.39 is 32.1 Å². The van der Waals surface area contributed by atoms with Gasteiger partial charge in [0.25, 0.3) is 20.2 Å². The van der Waals surface area contributed by atoms with E-state index in [4.69, 9.17) is 0 Å². The molecule has 0 unspecified atom stereocenters. The Labute approximate surface area is 76.3 Å². The Hall–Kier alpha value is 0.417. The smallest absolute Gasteiger partial charge is 0.239 e. The largest absolute Gasteiger partial charge is 0.286 e. The average molecular weight is 195 g/mol. The maximum atomic E-state index is 10.4. The molecule has 0 saturated carbocycles. The molecule has 1 radical (unpaired) electrons. The molecule has 9 heteroatoms. The van der Waals surface area contributed by atoms with Crippen LogP contribution in [-0.4, -0.2) is 47.6 Å². The van der Waals surface area contributed by atoms with Gasteiger partial charge < -0.3 is 0 Å². The number of hydrogen-bond acceptors (Lipinski definition) is 6. The monoisotopic (exact) mass is 195 g/mol. The Bertz CT molecular complexity index is 280. The minimum Gasteiger partial charge on any atom is -0.239 e. The van der Waals surface area contributed by atoms with Crippen LogP contribution in [0.5, 0.6) is 0 Å². The molecule has 1 aliphatic rings. The summed E-state index contributed by atoms with van der Waals surface area (Å²) >= 11 is 0. The van der Waals surface area contributed by atoms with E-state index >= 15 is 0 Å². The van der Waals surface area contributed by atoms with Gasteiger partial charge in [0.2, 0.25) is 5.08 Å². The van der Waals surface area contributed by atoms with Crippen molar-refractivity contribution in [2.24, 2.45) is 0 Å². The predicted molar refractivity (Wildman–Crippen MR) is 35.5 cm³/mol. The Kier molecular flexibility index (Phi) is 3.56. The summed E-state index contributed by atoms with van der Waals surface area (Å²) in [5, 5.41) is -1.10. The van der Waals surface area contributed by atoms with Gasteiger partial charge in [-0.25, -0.2) is 8.37 Å². The molecule has 1 heterocycles. The van der Waals surface area contributed by atoms with E-state index in [1.807, 2.05) is 0 Å². The van der Waals surface area contributed by atoms with E-state index in [2.05, 4.69) is 8.37 Å². The first kappa shape index (κ1) is 11.4. The van der Waals surface area contributed by atoms with Gasteiger partial charge in [-0.2, -0.15) is 16.8 Å². The van der Waals surface area contributed by atoms with Crippen LogP contribution in [0.25, 0.3) is 0 Å². The van der Waals surface area contributed by atoms with Crippen LogP contribution >= 0.6 is 0 Å². The van der Waals surface area contributed by atoms with Crippen molar-refractivity contribution in [3.8, 4) is 0 Å². The molecule has 0 aromatic heterocycles. The van der Waals surface area contributed by atoms with Gasteiger partial charge in [-0.05, 0) is 0 Å². The van der Waals surface area contributed by atoms with Crippen LogP contribution < -0.4 is 0 Å². The van der Waals surface area contributed by atoms with Crippen LogP contribution in [0.3, 0.4) is 0 Å². The topological polar surface area (TPSA) is 86.7 Å². The second-order valence-electron chi connectivity index (χ2n) is 1.59. The first-order valence-electron chi connectivity index (χ1n) is 2.15. The molecule has 1 rings (SSSR count). The fraction of sp³-hybridized carbons (Fsp3) is 1.00. The molecule has 0 aromatic carbocycles. The van der Waals surface area contributed by atoms with Crippen molar-refractivity contribution < 1.29 is 25.2 Å². The van der Waals surface area contributed by atoms with Crippen molar-refractivity contribution in [2.75, 3.05) is 11.9 Å². The van der Waals surface area contributed by atoms with Gasteiger partial charge in [-0.1, -0.05) is 0 Å². The number of hydrogen-bond donors (Lipinski definition) is 0. The maximum Gasteiger partial charge on any atom is 0.286 e. The molecular weight excluding hydrogens is 191 g/mol. The fourth-order valence-electron chi connectivity index (χ4n) is 0.411. The second kappa shape index (κ2) is 3.43. The van der Waals surface area contributed by atoms with E-state index in [1.165, 1.54) is 0 Å². The molecule has 0 bridgehead atoms. The Balaban J connectivity index is 0.000001000. The van der Waals surface area contributed by atoms with Gasteiger partial charge in [0, 0.05) is 18.9 Å². The summed E-state index contributed by atoms with van der Waals surface area (Å²) in [6, 6.07) is 0. The van der Waals surface area contributed by atoms with Crippen molar-refractivity contribution in [1.82, 2.24) is 0 Å². The summed E-state index contributed by atoms with van der Waals surface area (Å²) < 4.78 is 49.5.